The Balaban J connectivity index is 1.78. The van der Waals surface area contributed by atoms with Crippen molar-refractivity contribution >= 4 is 5.97 Å². The molecule has 1 N–H and O–H groups in total. The van der Waals surface area contributed by atoms with E-state index >= 15 is 0 Å². The standard InChI is InChI=1S/C19H29NO3/c1-2-3-4-12-19(21)23-18-11-6-5-10-17(18)22-15-13-16-9-7-8-14-20-16/h5-6,10-11,16,20H,2-4,7-9,12-15H2,1H3. The summed E-state index contributed by atoms with van der Waals surface area (Å²) in [6.45, 7) is 3.87. The predicted molar refractivity (Wildman–Crippen MR) is 92.0 cm³/mol. The third-order valence-electron chi connectivity index (χ3n) is 4.19. The lowest BCUT2D eigenvalue weighted by molar-refractivity contribution is -0.134. The van der Waals surface area contributed by atoms with Gasteiger partial charge in [-0.1, -0.05) is 38.3 Å². The van der Waals surface area contributed by atoms with Crippen LogP contribution in [-0.4, -0.2) is 25.2 Å². The van der Waals surface area contributed by atoms with E-state index in [0.29, 0.717) is 30.6 Å². The van der Waals surface area contributed by atoms with Gasteiger partial charge >= 0.3 is 5.97 Å². The van der Waals surface area contributed by atoms with Crippen LogP contribution in [0.2, 0.25) is 0 Å². The van der Waals surface area contributed by atoms with Crippen LogP contribution >= 0.6 is 0 Å². The minimum absolute atomic E-state index is 0.177. The molecule has 0 amide bonds. The average molecular weight is 319 g/mol. The van der Waals surface area contributed by atoms with Crippen molar-refractivity contribution in [1.29, 1.82) is 0 Å². The first-order valence-corrected chi connectivity index (χ1v) is 8.95. The smallest absolute Gasteiger partial charge is 0.311 e. The first-order chi connectivity index (χ1) is 11.3. The van der Waals surface area contributed by atoms with E-state index in [1.54, 1.807) is 6.07 Å². The van der Waals surface area contributed by atoms with Gasteiger partial charge in [-0.15, -0.1) is 0 Å². The SMILES string of the molecule is CCCCCC(=O)Oc1ccccc1OCCC1CCCCN1. The molecule has 0 bridgehead atoms. The van der Waals surface area contributed by atoms with E-state index < -0.39 is 0 Å². The van der Waals surface area contributed by atoms with Crippen LogP contribution in [0.15, 0.2) is 24.3 Å². The number of carbonyl (C=O) groups excluding carboxylic acids is 1. The lowest BCUT2D eigenvalue weighted by atomic mass is 10.0. The summed E-state index contributed by atoms with van der Waals surface area (Å²) in [5, 5.41) is 3.52. The van der Waals surface area contributed by atoms with Crippen molar-refractivity contribution < 1.29 is 14.3 Å². The summed E-state index contributed by atoms with van der Waals surface area (Å²) in [6.07, 6.45) is 8.28. The van der Waals surface area contributed by atoms with E-state index in [-0.39, 0.29) is 5.97 Å². The molecule has 1 heterocycles. The molecular weight excluding hydrogens is 290 g/mol. The molecule has 1 saturated heterocycles. The molecule has 1 fully saturated rings. The molecule has 0 radical (unpaired) electrons. The number of piperidine rings is 1. The Bertz CT molecular complexity index is 469. The van der Waals surface area contributed by atoms with E-state index in [4.69, 9.17) is 9.47 Å². The van der Waals surface area contributed by atoms with Crippen molar-refractivity contribution in [2.24, 2.45) is 0 Å². The fraction of sp³-hybridized carbons (Fsp3) is 0.632. The molecule has 1 aliphatic rings. The molecule has 1 aromatic rings. The van der Waals surface area contributed by atoms with E-state index in [2.05, 4.69) is 12.2 Å². The first-order valence-electron chi connectivity index (χ1n) is 8.95. The van der Waals surface area contributed by atoms with E-state index in [9.17, 15) is 4.79 Å². The van der Waals surface area contributed by atoms with Crippen molar-refractivity contribution in [3.8, 4) is 11.5 Å². The summed E-state index contributed by atoms with van der Waals surface area (Å²) >= 11 is 0. The Kier molecular flexibility index (Phi) is 7.95. The van der Waals surface area contributed by atoms with Gasteiger partial charge in [0.2, 0.25) is 0 Å². The minimum Gasteiger partial charge on any atom is -0.490 e. The van der Waals surface area contributed by atoms with Crippen molar-refractivity contribution in [2.75, 3.05) is 13.2 Å². The van der Waals surface area contributed by atoms with Crippen LogP contribution in [-0.2, 0) is 4.79 Å². The second-order valence-electron chi connectivity index (χ2n) is 6.16. The van der Waals surface area contributed by atoms with E-state index in [0.717, 1.165) is 32.2 Å². The Labute approximate surface area is 139 Å². The van der Waals surface area contributed by atoms with Gasteiger partial charge < -0.3 is 14.8 Å². The highest BCUT2D eigenvalue weighted by Crippen LogP contribution is 2.27. The maximum atomic E-state index is 11.9. The number of hydrogen-bond donors (Lipinski definition) is 1. The van der Waals surface area contributed by atoms with Crippen molar-refractivity contribution in [1.82, 2.24) is 5.32 Å². The summed E-state index contributed by atoms with van der Waals surface area (Å²) in [7, 11) is 0. The highest BCUT2D eigenvalue weighted by Gasteiger charge is 2.14. The number of rotatable bonds is 9. The Morgan fingerprint density at radius 1 is 1.22 bits per heavy atom. The number of hydrogen-bond acceptors (Lipinski definition) is 4. The second-order valence-corrected chi connectivity index (χ2v) is 6.16. The zero-order valence-corrected chi connectivity index (χ0v) is 14.2. The second kappa shape index (κ2) is 10.3. The number of nitrogens with one attached hydrogen (secondary N) is 1. The zero-order valence-electron chi connectivity index (χ0n) is 14.2. The van der Waals surface area contributed by atoms with Crippen molar-refractivity contribution in [2.45, 2.75) is 64.3 Å². The normalized spacial score (nSPS) is 17.7. The largest absolute Gasteiger partial charge is 0.490 e. The third kappa shape index (κ3) is 6.61. The Morgan fingerprint density at radius 2 is 2.04 bits per heavy atom. The highest BCUT2D eigenvalue weighted by atomic mass is 16.6. The Morgan fingerprint density at radius 3 is 2.78 bits per heavy atom. The van der Waals surface area contributed by atoms with E-state index in [1.807, 2.05) is 18.2 Å². The minimum atomic E-state index is -0.177. The van der Waals surface area contributed by atoms with Crippen LogP contribution in [0.5, 0.6) is 11.5 Å². The van der Waals surface area contributed by atoms with Crippen LogP contribution in [0, 0.1) is 0 Å². The molecule has 0 spiro atoms. The van der Waals surface area contributed by atoms with Gasteiger partial charge in [0.15, 0.2) is 11.5 Å². The summed E-state index contributed by atoms with van der Waals surface area (Å²) in [5.74, 6) is 1.01. The molecule has 1 atom stereocenters. The van der Waals surface area contributed by atoms with Gasteiger partial charge in [-0.05, 0) is 44.4 Å². The van der Waals surface area contributed by atoms with Gasteiger partial charge in [-0.2, -0.15) is 0 Å². The summed E-state index contributed by atoms with van der Waals surface area (Å²) in [4.78, 5) is 11.9. The quantitative estimate of drug-likeness (QED) is 0.423. The van der Waals surface area contributed by atoms with Gasteiger partial charge in [0.1, 0.15) is 0 Å². The summed E-state index contributed by atoms with van der Waals surface area (Å²) < 4.78 is 11.3. The van der Waals surface area contributed by atoms with Crippen molar-refractivity contribution in [3.63, 3.8) is 0 Å². The zero-order chi connectivity index (χ0) is 16.3. The molecule has 0 saturated carbocycles. The molecule has 0 aromatic heterocycles. The summed E-state index contributed by atoms with van der Waals surface area (Å²) in [5.41, 5.74) is 0. The van der Waals surface area contributed by atoms with Crippen LogP contribution in [0.25, 0.3) is 0 Å². The van der Waals surface area contributed by atoms with Crippen LogP contribution < -0.4 is 14.8 Å². The lowest BCUT2D eigenvalue weighted by Crippen LogP contribution is -2.35. The monoisotopic (exact) mass is 319 g/mol. The fourth-order valence-corrected chi connectivity index (χ4v) is 2.83. The van der Waals surface area contributed by atoms with E-state index in [1.165, 1.54) is 19.3 Å². The molecule has 1 unspecified atom stereocenters. The van der Waals surface area contributed by atoms with Gasteiger partial charge in [-0.25, -0.2) is 0 Å². The number of esters is 1. The number of para-hydroxylation sites is 2. The molecule has 23 heavy (non-hydrogen) atoms. The molecule has 4 heteroatoms. The Hall–Kier alpha value is -1.55. The lowest BCUT2D eigenvalue weighted by Gasteiger charge is -2.23. The average Bonchev–Trinajstić information content (AvgIpc) is 2.58. The van der Waals surface area contributed by atoms with Crippen molar-refractivity contribution in [3.05, 3.63) is 24.3 Å². The maximum Gasteiger partial charge on any atom is 0.311 e. The fourth-order valence-electron chi connectivity index (χ4n) is 2.83. The summed E-state index contributed by atoms with van der Waals surface area (Å²) in [6, 6.07) is 7.98. The number of ether oxygens (including phenoxy) is 2. The van der Waals surface area contributed by atoms with Gasteiger partial charge in [0.25, 0.3) is 0 Å². The number of unbranched alkanes of at least 4 members (excludes halogenated alkanes) is 2. The number of carbonyl (C=O) groups is 1. The van der Waals surface area contributed by atoms with Crippen LogP contribution in [0.3, 0.4) is 0 Å². The molecular formula is C19H29NO3. The van der Waals surface area contributed by atoms with Gasteiger partial charge in [0, 0.05) is 12.5 Å². The first kappa shape index (κ1) is 17.8. The molecule has 2 rings (SSSR count). The molecule has 4 nitrogen and oxygen atoms in total. The van der Waals surface area contributed by atoms with Crippen LogP contribution in [0.4, 0.5) is 0 Å². The van der Waals surface area contributed by atoms with Gasteiger partial charge in [-0.3, -0.25) is 4.79 Å². The van der Waals surface area contributed by atoms with Gasteiger partial charge in [0.05, 0.1) is 6.61 Å². The van der Waals surface area contributed by atoms with Crippen LogP contribution in [0.1, 0.15) is 58.3 Å². The maximum absolute atomic E-state index is 11.9. The molecule has 128 valence electrons. The third-order valence-corrected chi connectivity index (χ3v) is 4.19. The molecule has 1 aromatic carbocycles. The predicted octanol–water partition coefficient (Wildman–Crippen LogP) is 4.08. The number of benzene rings is 1. The topological polar surface area (TPSA) is 47.6 Å². The molecule has 1 aliphatic heterocycles. The molecule has 0 aliphatic carbocycles. The highest BCUT2D eigenvalue weighted by molar-refractivity contribution is 5.73.